The summed E-state index contributed by atoms with van der Waals surface area (Å²) in [6, 6.07) is 13.8. The minimum Gasteiger partial charge on any atom is -0.339 e. The summed E-state index contributed by atoms with van der Waals surface area (Å²) in [6.45, 7) is 3.57. The van der Waals surface area contributed by atoms with Gasteiger partial charge in [0, 0.05) is 31.2 Å². The number of piperidine rings is 1. The van der Waals surface area contributed by atoms with Gasteiger partial charge < -0.3 is 4.90 Å². The van der Waals surface area contributed by atoms with E-state index >= 15 is 0 Å². The third-order valence-corrected chi connectivity index (χ3v) is 4.95. The maximum atomic E-state index is 12.7. The van der Waals surface area contributed by atoms with Gasteiger partial charge in [-0.25, -0.2) is 10.5 Å². The number of nitrogens with zero attached hydrogens (tertiary/aromatic N) is 2. The van der Waals surface area contributed by atoms with Gasteiger partial charge in [0.05, 0.1) is 11.4 Å². The topological polar surface area (TPSA) is 82.5 Å². The van der Waals surface area contributed by atoms with E-state index < -0.39 is 5.91 Å². The van der Waals surface area contributed by atoms with Crippen molar-refractivity contribution in [1.29, 1.82) is 0 Å². The van der Waals surface area contributed by atoms with E-state index in [4.69, 9.17) is 5.21 Å². The van der Waals surface area contributed by atoms with Crippen molar-refractivity contribution in [2.24, 2.45) is 0 Å². The molecule has 0 spiro atoms. The molecule has 2 heterocycles. The van der Waals surface area contributed by atoms with E-state index in [-0.39, 0.29) is 5.91 Å². The van der Waals surface area contributed by atoms with Crippen LogP contribution in [0, 0.1) is 6.92 Å². The number of rotatable bonds is 5. The lowest BCUT2D eigenvalue weighted by molar-refractivity contribution is -0.127. The van der Waals surface area contributed by atoms with Gasteiger partial charge in [-0.2, -0.15) is 0 Å². The largest absolute Gasteiger partial charge is 0.339 e. The molecule has 0 bridgehead atoms. The zero-order valence-corrected chi connectivity index (χ0v) is 16.4. The Bertz CT molecular complexity index is 936. The molecular formula is C23H25N3O3. The van der Waals surface area contributed by atoms with Crippen LogP contribution < -0.4 is 5.48 Å². The van der Waals surface area contributed by atoms with Crippen LogP contribution in [0.3, 0.4) is 0 Å². The van der Waals surface area contributed by atoms with Gasteiger partial charge in [-0.3, -0.25) is 14.8 Å². The van der Waals surface area contributed by atoms with E-state index in [1.165, 1.54) is 28.8 Å². The maximum Gasteiger partial charge on any atom is 0.267 e. The van der Waals surface area contributed by atoms with Gasteiger partial charge >= 0.3 is 0 Å². The molecule has 29 heavy (non-hydrogen) atoms. The quantitative estimate of drug-likeness (QED) is 0.465. The molecular weight excluding hydrogens is 366 g/mol. The monoisotopic (exact) mass is 391 g/mol. The van der Waals surface area contributed by atoms with Crippen molar-refractivity contribution in [3.8, 4) is 0 Å². The van der Waals surface area contributed by atoms with Crippen LogP contribution in [-0.2, 0) is 9.59 Å². The highest BCUT2D eigenvalue weighted by atomic mass is 16.5. The first-order valence-electron chi connectivity index (χ1n) is 9.68. The van der Waals surface area contributed by atoms with Crippen molar-refractivity contribution in [2.75, 3.05) is 13.1 Å². The second kappa shape index (κ2) is 9.80. The van der Waals surface area contributed by atoms with E-state index in [0.29, 0.717) is 17.3 Å². The number of carbonyl (C=O) groups excluding carboxylic acids is 2. The number of hydrogen-bond acceptors (Lipinski definition) is 4. The van der Waals surface area contributed by atoms with Gasteiger partial charge in [-0.05, 0) is 49.6 Å². The first kappa shape index (κ1) is 20.5. The number of carbonyl (C=O) groups is 2. The van der Waals surface area contributed by atoms with E-state index in [9.17, 15) is 9.59 Å². The van der Waals surface area contributed by atoms with Crippen LogP contribution in [0.4, 0.5) is 0 Å². The number of hydrogen-bond donors (Lipinski definition) is 2. The Morgan fingerprint density at radius 1 is 1.14 bits per heavy atom. The number of benzene rings is 1. The number of hydroxylamine groups is 1. The van der Waals surface area contributed by atoms with Crippen LogP contribution >= 0.6 is 0 Å². The molecule has 1 aliphatic rings. The number of amides is 2. The van der Waals surface area contributed by atoms with Gasteiger partial charge in [0.2, 0.25) is 5.91 Å². The predicted molar refractivity (Wildman–Crippen MR) is 112 cm³/mol. The normalized spacial score (nSPS) is 17.0. The number of aromatic nitrogens is 1. The standard InChI is InChI=1S/C23H25N3O3/c1-17-5-2-6-18(15-17)19-7-4-14-26(16-19)23(28)13-11-21-9-3-8-20(24-21)10-12-22(27)25-29/h2-3,5-6,8-13,15,19,29H,4,7,14,16H2,1H3,(H,25,27)/b12-10+,13-11+. The minimum absolute atomic E-state index is 0.0234. The molecule has 0 radical (unpaired) electrons. The summed E-state index contributed by atoms with van der Waals surface area (Å²) < 4.78 is 0. The highest BCUT2D eigenvalue weighted by Crippen LogP contribution is 2.27. The van der Waals surface area contributed by atoms with Gasteiger partial charge in [0.15, 0.2) is 0 Å². The summed E-state index contributed by atoms with van der Waals surface area (Å²) in [5, 5.41) is 8.52. The third-order valence-electron chi connectivity index (χ3n) is 4.95. The predicted octanol–water partition coefficient (Wildman–Crippen LogP) is 3.33. The lowest BCUT2D eigenvalue weighted by Crippen LogP contribution is -2.38. The average molecular weight is 391 g/mol. The van der Waals surface area contributed by atoms with Crippen LogP contribution in [0.1, 0.15) is 41.3 Å². The molecule has 6 heteroatoms. The first-order valence-corrected chi connectivity index (χ1v) is 9.68. The summed E-state index contributed by atoms with van der Waals surface area (Å²) >= 11 is 0. The highest BCUT2D eigenvalue weighted by Gasteiger charge is 2.23. The second-order valence-electron chi connectivity index (χ2n) is 7.17. The molecule has 0 saturated carbocycles. The Morgan fingerprint density at radius 3 is 2.59 bits per heavy atom. The lowest BCUT2D eigenvalue weighted by Gasteiger charge is -2.32. The Hall–Kier alpha value is -3.25. The summed E-state index contributed by atoms with van der Waals surface area (Å²) in [5.41, 5.74) is 5.23. The Kier molecular flexibility index (Phi) is 6.92. The molecule has 1 atom stereocenters. The van der Waals surface area contributed by atoms with Gasteiger partial charge in [0.25, 0.3) is 5.91 Å². The number of pyridine rings is 1. The first-order chi connectivity index (χ1) is 14.0. The lowest BCUT2D eigenvalue weighted by atomic mass is 9.90. The second-order valence-corrected chi connectivity index (χ2v) is 7.17. The Morgan fingerprint density at radius 2 is 1.86 bits per heavy atom. The molecule has 1 fully saturated rings. The zero-order chi connectivity index (χ0) is 20.6. The van der Waals surface area contributed by atoms with E-state index in [1.54, 1.807) is 30.4 Å². The summed E-state index contributed by atoms with van der Waals surface area (Å²) in [6.07, 6.45) is 7.98. The number of likely N-dealkylation sites (tertiary alicyclic amines) is 1. The van der Waals surface area contributed by atoms with Crippen LogP contribution in [0.5, 0.6) is 0 Å². The minimum atomic E-state index is -0.629. The summed E-state index contributed by atoms with van der Waals surface area (Å²) in [4.78, 5) is 30.0. The van der Waals surface area contributed by atoms with Crippen molar-refractivity contribution in [3.63, 3.8) is 0 Å². The molecule has 0 aliphatic carbocycles. The average Bonchev–Trinajstić information content (AvgIpc) is 2.76. The van der Waals surface area contributed by atoms with Crippen molar-refractivity contribution in [1.82, 2.24) is 15.4 Å². The molecule has 6 nitrogen and oxygen atoms in total. The molecule has 1 aliphatic heterocycles. The molecule has 1 saturated heterocycles. The van der Waals surface area contributed by atoms with Crippen molar-refractivity contribution >= 4 is 24.0 Å². The molecule has 2 amide bonds. The molecule has 2 aromatic rings. The zero-order valence-electron chi connectivity index (χ0n) is 16.4. The molecule has 150 valence electrons. The SMILES string of the molecule is Cc1cccc(C2CCCN(C(=O)/C=C/c3cccc(/C=C/C(=O)NO)n3)C2)c1. The fourth-order valence-electron chi connectivity index (χ4n) is 3.49. The summed E-state index contributed by atoms with van der Waals surface area (Å²) in [5.74, 6) is -0.286. The fraction of sp³-hybridized carbons (Fsp3) is 0.261. The molecule has 3 rings (SSSR count). The highest BCUT2D eigenvalue weighted by molar-refractivity contribution is 5.92. The number of nitrogens with one attached hydrogen (secondary N) is 1. The van der Waals surface area contributed by atoms with Crippen molar-refractivity contribution in [3.05, 3.63) is 77.1 Å². The Labute approximate surface area is 170 Å². The van der Waals surface area contributed by atoms with E-state index in [2.05, 4.69) is 36.2 Å². The maximum absolute atomic E-state index is 12.7. The van der Waals surface area contributed by atoms with Crippen LogP contribution in [0.2, 0.25) is 0 Å². The van der Waals surface area contributed by atoms with Crippen molar-refractivity contribution < 1.29 is 14.8 Å². The van der Waals surface area contributed by atoms with Crippen LogP contribution in [-0.4, -0.2) is 40.0 Å². The van der Waals surface area contributed by atoms with Gasteiger partial charge in [0.1, 0.15) is 0 Å². The smallest absolute Gasteiger partial charge is 0.267 e. The van der Waals surface area contributed by atoms with Gasteiger partial charge in [-0.1, -0.05) is 35.9 Å². The third kappa shape index (κ3) is 5.86. The molecule has 2 N–H and O–H groups in total. The number of aryl methyl sites for hydroxylation is 1. The van der Waals surface area contributed by atoms with Crippen LogP contribution in [0.25, 0.3) is 12.2 Å². The van der Waals surface area contributed by atoms with Crippen LogP contribution in [0.15, 0.2) is 54.6 Å². The van der Waals surface area contributed by atoms with Gasteiger partial charge in [-0.15, -0.1) is 0 Å². The molecule has 1 unspecified atom stereocenters. The fourth-order valence-corrected chi connectivity index (χ4v) is 3.49. The van der Waals surface area contributed by atoms with Crippen molar-refractivity contribution in [2.45, 2.75) is 25.7 Å². The summed E-state index contributed by atoms with van der Waals surface area (Å²) in [7, 11) is 0. The molecule has 1 aromatic carbocycles. The Balaban J connectivity index is 1.64. The van der Waals surface area contributed by atoms with E-state index in [1.807, 2.05) is 4.90 Å². The van der Waals surface area contributed by atoms with E-state index in [0.717, 1.165) is 25.9 Å². The molecule has 1 aromatic heterocycles.